The van der Waals surface area contributed by atoms with E-state index >= 15 is 0 Å². The third kappa shape index (κ3) is 2.82. The van der Waals surface area contributed by atoms with Crippen LogP contribution in [0.3, 0.4) is 0 Å². The zero-order chi connectivity index (χ0) is 8.10. The number of alkyl halides is 1. The maximum Gasteiger partial charge on any atom is 0.135 e. The van der Waals surface area contributed by atoms with Crippen molar-refractivity contribution in [1.82, 2.24) is 0 Å². The Kier molecular flexibility index (Phi) is 3.92. The van der Waals surface area contributed by atoms with E-state index in [-0.39, 0.29) is 0 Å². The van der Waals surface area contributed by atoms with Gasteiger partial charge in [0.25, 0.3) is 0 Å². The lowest BCUT2D eigenvalue weighted by molar-refractivity contribution is -0.120. The Morgan fingerprint density at radius 1 is 1.45 bits per heavy atom. The molecule has 1 nitrogen and oxygen atoms in total. The highest BCUT2D eigenvalue weighted by atomic mass is 35.5. The summed E-state index contributed by atoms with van der Waals surface area (Å²) in [7, 11) is 0. The first-order valence-electron chi connectivity index (χ1n) is 4.43. The maximum atomic E-state index is 11.1. The van der Waals surface area contributed by atoms with E-state index in [9.17, 15) is 4.79 Å². The predicted molar refractivity (Wildman–Crippen MR) is 46.9 cm³/mol. The highest BCUT2D eigenvalue weighted by Gasteiger charge is 2.23. The summed E-state index contributed by atoms with van der Waals surface area (Å²) in [5.74, 6) is 1.61. The van der Waals surface area contributed by atoms with Gasteiger partial charge in [-0.1, -0.05) is 6.42 Å². The molecule has 1 atom stereocenters. The van der Waals surface area contributed by atoms with Gasteiger partial charge in [-0.25, -0.2) is 0 Å². The Bertz CT molecular complexity index is 134. The number of unbranched alkanes of at least 4 members (excludes halogenated alkanes) is 1. The van der Waals surface area contributed by atoms with Gasteiger partial charge in [0.15, 0.2) is 0 Å². The number of hydrogen-bond donors (Lipinski definition) is 0. The SMILES string of the molecule is O=C1CCCC1CCCCCl. The van der Waals surface area contributed by atoms with Gasteiger partial charge in [-0.15, -0.1) is 11.6 Å². The zero-order valence-corrected chi connectivity index (χ0v) is 7.57. The van der Waals surface area contributed by atoms with Crippen LogP contribution in [0.1, 0.15) is 38.5 Å². The molecule has 0 heterocycles. The molecule has 1 aliphatic carbocycles. The van der Waals surface area contributed by atoms with Gasteiger partial charge in [0, 0.05) is 18.2 Å². The van der Waals surface area contributed by atoms with E-state index in [1.807, 2.05) is 0 Å². The molecule has 1 aliphatic rings. The van der Waals surface area contributed by atoms with Gasteiger partial charge in [-0.3, -0.25) is 4.79 Å². The quantitative estimate of drug-likeness (QED) is 0.473. The Morgan fingerprint density at radius 3 is 2.82 bits per heavy atom. The summed E-state index contributed by atoms with van der Waals surface area (Å²) in [6.07, 6.45) is 6.33. The second kappa shape index (κ2) is 4.76. The van der Waals surface area contributed by atoms with Crippen LogP contribution in [0.5, 0.6) is 0 Å². The largest absolute Gasteiger partial charge is 0.299 e. The first-order valence-corrected chi connectivity index (χ1v) is 4.96. The van der Waals surface area contributed by atoms with Gasteiger partial charge in [-0.05, 0) is 25.7 Å². The molecule has 1 unspecified atom stereocenters. The van der Waals surface area contributed by atoms with Crippen molar-refractivity contribution in [2.24, 2.45) is 5.92 Å². The smallest absolute Gasteiger partial charge is 0.135 e. The normalized spacial score (nSPS) is 24.5. The fourth-order valence-corrected chi connectivity index (χ4v) is 1.87. The molecule has 0 aromatic rings. The molecule has 0 aromatic heterocycles. The van der Waals surface area contributed by atoms with Crippen molar-refractivity contribution in [1.29, 1.82) is 0 Å². The molecule has 0 saturated heterocycles. The van der Waals surface area contributed by atoms with E-state index in [4.69, 9.17) is 11.6 Å². The van der Waals surface area contributed by atoms with Gasteiger partial charge < -0.3 is 0 Å². The highest BCUT2D eigenvalue weighted by Crippen LogP contribution is 2.25. The molecule has 0 radical (unpaired) electrons. The lowest BCUT2D eigenvalue weighted by atomic mass is 10.0. The highest BCUT2D eigenvalue weighted by molar-refractivity contribution is 6.17. The van der Waals surface area contributed by atoms with Gasteiger partial charge >= 0.3 is 0 Å². The van der Waals surface area contributed by atoms with Crippen LogP contribution in [0.4, 0.5) is 0 Å². The van der Waals surface area contributed by atoms with Crippen molar-refractivity contribution in [3.63, 3.8) is 0 Å². The minimum absolute atomic E-state index is 0.387. The summed E-state index contributed by atoms with van der Waals surface area (Å²) in [5, 5.41) is 0. The molecule has 0 bridgehead atoms. The number of carbonyl (C=O) groups excluding carboxylic acids is 1. The van der Waals surface area contributed by atoms with Crippen LogP contribution in [0, 0.1) is 5.92 Å². The number of Topliss-reactive ketones (excluding diaryl/α,β-unsaturated/α-hetero) is 1. The summed E-state index contributed by atoms with van der Waals surface area (Å²) >= 11 is 5.54. The van der Waals surface area contributed by atoms with E-state index in [1.165, 1.54) is 0 Å². The van der Waals surface area contributed by atoms with Crippen molar-refractivity contribution in [2.75, 3.05) is 5.88 Å². The van der Waals surface area contributed by atoms with E-state index in [2.05, 4.69) is 0 Å². The molecule has 0 amide bonds. The Balaban J connectivity index is 2.10. The topological polar surface area (TPSA) is 17.1 Å². The summed E-state index contributed by atoms with van der Waals surface area (Å²) < 4.78 is 0. The molecule has 0 aromatic carbocycles. The Hall–Kier alpha value is -0.0400. The first kappa shape index (κ1) is 9.05. The molecule has 0 spiro atoms. The van der Waals surface area contributed by atoms with Crippen molar-refractivity contribution in [3.05, 3.63) is 0 Å². The van der Waals surface area contributed by atoms with Crippen molar-refractivity contribution in [3.8, 4) is 0 Å². The van der Waals surface area contributed by atoms with E-state index in [0.717, 1.165) is 44.4 Å². The average Bonchev–Trinajstić information content (AvgIpc) is 2.37. The maximum absolute atomic E-state index is 11.1. The molecule has 1 saturated carbocycles. The van der Waals surface area contributed by atoms with E-state index < -0.39 is 0 Å². The molecule has 1 fully saturated rings. The molecule has 11 heavy (non-hydrogen) atoms. The lowest BCUT2D eigenvalue weighted by Crippen LogP contribution is -2.05. The lowest BCUT2D eigenvalue weighted by Gasteiger charge is -2.05. The molecular formula is C9H15ClO. The van der Waals surface area contributed by atoms with E-state index in [1.54, 1.807) is 0 Å². The second-order valence-corrected chi connectivity index (χ2v) is 3.62. The van der Waals surface area contributed by atoms with Gasteiger partial charge in [0.2, 0.25) is 0 Å². The summed E-state index contributed by atoms with van der Waals surface area (Å²) in [4.78, 5) is 11.1. The third-order valence-corrected chi connectivity index (χ3v) is 2.63. The minimum Gasteiger partial charge on any atom is -0.299 e. The van der Waals surface area contributed by atoms with Crippen molar-refractivity contribution < 1.29 is 4.79 Å². The summed E-state index contributed by atoms with van der Waals surface area (Å²) in [5.41, 5.74) is 0. The standard InChI is InChI=1S/C9H15ClO/c10-7-2-1-4-8-5-3-6-9(8)11/h8H,1-7H2. The minimum atomic E-state index is 0.387. The number of hydrogen-bond acceptors (Lipinski definition) is 1. The number of rotatable bonds is 4. The van der Waals surface area contributed by atoms with Gasteiger partial charge in [-0.2, -0.15) is 0 Å². The summed E-state index contributed by atoms with van der Waals surface area (Å²) in [6.45, 7) is 0. The molecule has 0 N–H and O–H groups in total. The van der Waals surface area contributed by atoms with Crippen LogP contribution in [0.2, 0.25) is 0 Å². The molecule has 2 heteroatoms. The van der Waals surface area contributed by atoms with Crippen molar-refractivity contribution >= 4 is 17.4 Å². The Labute approximate surface area is 73.1 Å². The molecule has 64 valence electrons. The second-order valence-electron chi connectivity index (χ2n) is 3.24. The van der Waals surface area contributed by atoms with Crippen LogP contribution < -0.4 is 0 Å². The number of carbonyl (C=O) groups is 1. The van der Waals surface area contributed by atoms with Crippen LogP contribution >= 0.6 is 11.6 Å². The Morgan fingerprint density at radius 2 is 2.27 bits per heavy atom. The third-order valence-electron chi connectivity index (χ3n) is 2.37. The average molecular weight is 175 g/mol. The zero-order valence-electron chi connectivity index (χ0n) is 6.81. The fourth-order valence-electron chi connectivity index (χ4n) is 1.68. The first-order chi connectivity index (χ1) is 5.34. The predicted octanol–water partition coefficient (Wildman–Crippen LogP) is 2.76. The van der Waals surface area contributed by atoms with E-state index in [0.29, 0.717) is 11.7 Å². The monoisotopic (exact) mass is 174 g/mol. The van der Waals surface area contributed by atoms with Crippen LogP contribution in [0.25, 0.3) is 0 Å². The molecular weight excluding hydrogens is 160 g/mol. The van der Waals surface area contributed by atoms with Crippen LogP contribution in [0.15, 0.2) is 0 Å². The van der Waals surface area contributed by atoms with Crippen LogP contribution in [-0.2, 0) is 4.79 Å². The molecule has 0 aliphatic heterocycles. The fraction of sp³-hybridized carbons (Fsp3) is 0.889. The molecule has 1 rings (SSSR count). The van der Waals surface area contributed by atoms with Gasteiger partial charge in [0.05, 0.1) is 0 Å². The van der Waals surface area contributed by atoms with Crippen molar-refractivity contribution in [2.45, 2.75) is 38.5 Å². The van der Waals surface area contributed by atoms with Crippen LogP contribution in [-0.4, -0.2) is 11.7 Å². The summed E-state index contributed by atoms with van der Waals surface area (Å²) in [6, 6.07) is 0. The van der Waals surface area contributed by atoms with Gasteiger partial charge in [0.1, 0.15) is 5.78 Å². The number of halogens is 1. The number of ketones is 1.